The van der Waals surface area contributed by atoms with Crippen molar-refractivity contribution in [1.29, 1.82) is 0 Å². The molecule has 0 spiro atoms. The van der Waals surface area contributed by atoms with Crippen LogP contribution in [0.2, 0.25) is 0 Å². The van der Waals surface area contributed by atoms with Crippen LogP contribution in [-0.2, 0) is 57.5 Å². The summed E-state index contributed by atoms with van der Waals surface area (Å²) in [6.07, 6.45) is 0. The van der Waals surface area contributed by atoms with Gasteiger partial charge in [0.1, 0.15) is 0 Å². The summed E-state index contributed by atoms with van der Waals surface area (Å²) in [5, 5.41) is 0. The average Bonchev–Trinajstić information content (AvgIpc) is 2.68. The second kappa shape index (κ2) is 56.5. The van der Waals surface area contributed by atoms with Crippen molar-refractivity contribution in [2.24, 2.45) is 0 Å². The predicted molar refractivity (Wildman–Crippen MR) is 80.1 cm³/mol. The number of halogens is 8. The molecule has 0 saturated carbocycles. The maximum Gasteiger partial charge on any atom is 3.00 e. The van der Waals surface area contributed by atoms with Crippen molar-refractivity contribution in [1.82, 2.24) is 8.88 Å². The first-order valence-corrected chi connectivity index (χ1v) is 9.17. The van der Waals surface area contributed by atoms with Crippen LogP contribution in [-0.4, -0.2) is 29.8 Å². The second-order valence-electron chi connectivity index (χ2n) is 2.08. The topological polar surface area (TPSA) is 103 Å². The van der Waals surface area contributed by atoms with E-state index in [-0.39, 0.29) is 43.0 Å². The number of rotatable bonds is 4. The Morgan fingerprint density at radius 3 is 0.643 bits per heavy atom. The Bertz CT molecular complexity index is 289. The number of carbonyl (C=O) groups excluding carboxylic acids is 1. The maximum atomic E-state index is 11.3. The third-order valence-electron chi connectivity index (χ3n) is 1.01. The summed E-state index contributed by atoms with van der Waals surface area (Å²) in [6, 6.07) is 0. The Morgan fingerprint density at radius 2 is 0.643 bits per heavy atom. The largest absolute Gasteiger partial charge is 3.00 e. The molecule has 163 valence electrons. The van der Waals surface area contributed by atoms with Crippen LogP contribution in [0.15, 0.2) is 0 Å². The van der Waals surface area contributed by atoms with E-state index in [9.17, 15) is 33.6 Å². The Hall–Kier alpha value is 0.749. The van der Waals surface area contributed by atoms with E-state index in [1.807, 2.05) is 0 Å². The minimum absolute atomic E-state index is 0. The molecule has 0 aromatic heterocycles. The van der Waals surface area contributed by atoms with Crippen LogP contribution in [0.4, 0.5) is 33.6 Å². The fourth-order valence-electron chi connectivity index (χ4n) is 0.128. The van der Waals surface area contributed by atoms with Gasteiger partial charge in [-0.25, -0.2) is 0 Å². The van der Waals surface area contributed by atoms with Gasteiger partial charge >= 0.3 is 114 Å². The van der Waals surface area contributed by atoms with Crippen LogP contribution in [0.1, 0.15) is 0 Å². The third-order valence-corrected chi connectivity index (χ3v) is 5.07. The molecule has 0 heterocycles. The molecule has 0 aromatic carbocycles. The van der Waals surface area contributed by atoms with Crippen LogP contribution < -0.4 is 0 Å². The Labute approximate surface area is 182 Å². The number of nitrogens with zero attached hydrogens (tertiary/aromatic N) is 2. The fourth-order valence-corrected chi connectivity index (χ4v) is 1.15. The Morgan fingerprint density at radius 1 is 0.571 bits per heavy atom. The molecule has 0 aliphatic heterocycles. The van der Waals surface area contributed by atoms with Crippen LogP contribution in [0.25, 0.3) is 0 Å². The van der Waals surface area contributed by atoms with Gasteiger partial charge in [0.15, 0.2) is 0 Å². The summed E-state index contributed by atoms with van der Waals surface area (Å²) in [4.78, 5) is 7.75. The molecule has 0 rings (SSSR count). The summed E-state index contributed by atoms with van der Waals surface area (Å²) >= 11 is 0. The first-order chi connectivity index (χ1) is 12.1. The molecule has 0 N–H and O–H groups in total. The van der Waals surface area contributed by atoms with Gasteiger partial charge in [0, 0.05) is 0 Å². The standard InChI is InChI=1S/2CH3F4NP2.CHO.4CO.2Fe/c2*1-6(7(2)3)8(4)5;5*1-2;;/h2*1H3;1H;;;;;;/q;;-1;;;;;+2;+3/p+4. The van der Waals surface area contributed by atoms with E-state index >= 15 is 0 Å². The van der Waals surface area contributed by atoms with Crippen LogP contribution in [0.3, 0.4) is 0 Å². The number of hydrogen-bond acceptors (Lipinski definition) is 3. The summed E-state index contributed by atoms with van der Waals surface area (Å²) in [5.74, 6) is 0. The molecule has 7 nitrogen and oxygen atoms in total. The predicted octanol–water partition coefficient (Wildman–Crippen LogP) is 5.00. The summed E-state index contributed by atoms with van der Waals surface area (Å²) in [5.41, 5.74) is 0. The Kier molecular flexibility index (Phi) is 114. The molecular weight excluding hydrogens is 580 g/mol. The first kappa shape index (κ1) is 56.8. The molecular formula is C7H11F8Fe2N2O5P4+8. The molecule has 28 heavy (non-hydrogen) atoms. The van der Waals surface area contributed by atoms with Crippen molar-refractivity contribution >= 4 is 41.6 Å². The van der Waals surface area contributed by atoms with Crippen molar-refractivity contribution in [3.63, 3.8) is 0 Å². The van der Waals surface area contributed by atoms with E-state index in [0.717, 1.165) is 14.1 Å². The first-order valence-electron chi connectivity index (χ1n) is 4.35. The molecule has 1 radical (unpaired) electrons. The molecule has 0 bridgehead atoms. The van der Waals surface area contributed by atoms with Gasteiger partial charge in [0.2, 0.25) is 0 Å². The fraction of sp³-hybridized carbons (Fsp3) is 0.286. The zero-order valence-corrected chi connectivity index (χ0v) is 19.5. The molecule has 0 aliphatic carbocycles. The van der Waals surface area contributed by atoms with Gasteiger partial charge < -0.3 is 4.79 Å². The molecule has 0 aromatic rings. The van der Waals surface area contributed by atoms with Gasteiger partial charge in [0.05, 0.1) is 23.0 Å². The average molecular weight is 591 g/mol. The van der Waals surface area contributed by atoms with Crippen molar-refractivity contribution in [2.45, 2.75) is 0 Å². The normalized spacial score (nSPS) is 7.29. The van der Waals surface area contributed by atoms with Gasteiger partial charge in [-0.1, -0.05) is 0 Å². The van der Waals surface area contributed by atoms with Gasteiger partial charge in [-0.05, 0) is 33.6 Å². The van der Waals surface area contributed by atoms with Gasteiger partial charge in [-0.3, -0.25) is 6.79 Å². The van der Waals surface area contributed by atoms with Crippen LogP contribution >= 0.6 is 34.8 Å². The smallest absolute Gasteiger partial charge is 0.545 e. The molecule has 21 heteroatoms. The van der Waals surface area contributed by atoms with Crippen molar-refractivity contribution in [3.8, 4) is 0 Å². The van der Waals surface area contributed by atoms with E-state index < -0.39 is 34.8 Å². The summed E-state index contributed by atoms with van der Waals surface area (Å²) < 4.78 is 120. The molecule has 0 amide bonds. The zero-order chi connectivity index (χ0) is 23.5. The minimum Gasteiger partial charge on any atom is -0.545 e. The zero-order valence-electron chi connectivity index (χ0n) is 13.2. The maximum absolute atomic E-state index is 11.3. The van der Waals surface area contributed by atoms with Crippen molar-refractivity contribution < 1.29 is 91.1 Å². The van der Waals surface area contributed by atoms with E-state index in [0.29, 0.717) is 0 Å². The summed E-state index contributed by atoms with van der Waals surface area (Å²) in [7, 11) is -14.1. The van der Waals surface area contributed by atoms with E-state index in [2.05, 4.69) is 33.4 Å². The van der Waals surface area contributed by atoms with E-state index in [1.54, 1.807) is 0 Å². The number of hydrogen-bond donors (Lipinski definition) is 0. The van der Waals surface area contributed by atoms with Gasteiger partial charge in [-0.2, -0.15) is 0 Å². The van der Waals surface area contributed by atoms with Gasteiger partial charge in [-0.15, -0.1) is 0 Å². The van der Waals surface area contributed by atoms with Crippen molar-refractivity contribution in [2.75, 3.05) is 14.1 Å². The second-order valence-corrected chi connectivity index (χ2v) is 7.58. The van der Waals surface area contributed by atoms with Crippen LogP contribution in [0, 0.1) is 26.6 Å². The third kappa shape index (κ3) is 63.2. The van der Waals surface area contributed by atoms with Crippen LogP contribution in [0.5, 0.6) is 0 Å². The molecule has 0 unspecified atom stereocenters. The van der Waals surface area contributed by atoms with Crippen molar-refractivity contribution in [3.05, 3.63) is 26.6 Å². The monoisotopic (exact) mass is 591 g/mol. The van der Waals surface area contributed by atoms with Gasteiger partial charge in [0.25, 0.3) is 0 Å². The SMILES string of the molecule is CN([PH+](F)F)[PH+](F)F.CN([PH+](F)F)[PH+](F)F.[C-]#[O+].[C-]#[O+].[C-]#[O+].[C-]#[O+].[CH-]=O.[Fe+2].[Fe+3]. The van der Waals surface area contributed by atoms with E-state index in [4.69, 9.17) is 23.4 Å². The Balaban J connectivity index is -0.0000000242. The molecule has 0 atom stereocenters. The minimum atomic E-state index is -3.88. The summed E-state index contributed by atoms with van der Waals surface area (Å²) in [6.45, 7) is 21.2. The molecule has 0 fully saturated rings. The quantitative estimate of drug-likeness (QED) is 0.115. The van der Waals surface area contributed by atoms with E-state index in [1.165, 1.54) is 0 Å². The molecule has 0 saturated heterocycles. The molecule has 0 aliphatic rings.